The minimum Gasteiger partial charge on any atom is -0.355 e. The molecule has 0 aliphatic carbocycles. The zero-order chi connectivity index (χ0) is 17.6. The second-order valence-electron chi connectivity index (χ2n) is 4.71. The average Bonchev–Trinajstić information content (AvgIpc) is 2.45. The van der Waals surface area contributed by atoms with Crippen molar-refractivity contribution in [1.82, 2.24) is 14.8 Å². The van der Waals surface area contributed by atoms with Crippen LogP contribution in [0.15, 0.2) is 23.1 Å². The summed E-state index contributed by atoms with van der Waals surface area (Å²) < 4.78 is 38.7. The molecule has 1 aromatic heterocycles. The largest absolute Gasteiger partial charge is 0.421 e. The Morgan fingerprint density at radius 2 is 1.96 bits per heavy atom. The van der Waals surface area contributed by atoms with Crippen LogP contribution in [0.2, 0.25) is 0 Å². The van der Waals surface area contributed by atoms with Gasteiger partial charge in [0.2, 0.25) is 11.8 Å². The van der Waals surface area contributed by atoms with Gasteiger partial charge in [-0.2, -0.15) is 13.2 Å². The molecule has 0 atom stereocenters. The van der Waals surface area contributed by atoms with E-state index in [9.17, 15) is 27.6 Å². The van der Waals surface area contributed by atoms with Crippen molar-refractivity contribution in [2.45, 2.75) is 26.6 Å². The fourth-order valence-electron chi connectivity index (χ4n) is 1.93. The molecule has 23 heavy (non-hydrogen) atoms. The van der Waals surface area contributed by atoms with E-state index in [0.29, 0.717) is 17.2 Å². The molecule has 1 N–H and O–H groups in total. The first kappa shape index (κ1) is 18.7. The number of carbonyl (C=O) groups is 2. The smallest absolute Gasteiger partial charge is 0.355 e. The summed E-state index contributed by atoms with van der Waals surface area (Å²) in [5.74, 6) is -0.987. The zero-order valence-corrected chi connectivity index (χ0v) is 12.8. The predicted octanol–water partition coefficient (Wildman–Crippen LogP) is 0.852. The number of carbonyl (C=O) groups excluding carboxylic acids is 2. The normalized spacial score (nSPS) is 11.2. The molecule has 0 bridgehead atoms. The number of halogens is 3. The van der Waals surface area contributed by atoms with Gasteiger partial charge in [0, 0.05) is 19.3 Å². The molecule has 0 saturated heterocycles. The van der Waals surface area contributed by atoms with Gasteiger partial charge in [-0.1, -0.05) is 0 Å². The molecule has 0 radical (unpaired) electrons. The maximum atomic E-state index is 12.7. The SMILES string of the molecule is CCNC(=O)CN(CC)C(=O)Cn1cccc(C(F)(F)F)c1=O. The number of alkyl halides is 3. The monoisotopic (exact) mass is 333 g/mol. The molecular formula is C14H18F3N3O3. The zero-order valence-electron chi connectivity index (χ0n) is 12.8. The van der Waals surface area contributed by atoms with Gasteiger partial charge >= 0.3 is 6.18 Å². The van der Waals surface area contributed by atoms with Crippen molar-refractivity contribution < 1.29 is 22.8 Å². The molecule has 1 rings (SSSR count). The highest BCUT2D eigenvalue weighted by Crippen LogP contribution is 2.25. The fourth-order valence-corrected chi connectivity index (χ4v) is 1.93. The molecule has 9 heteroatoms. The summed E-state index contributed by atoms with van der Waals surface area (Å²) in [6.07, 6.45) is -3.68. The number of aromatic nitrogens is 1. The van der Waals surface area contributed by atoms with Crippen molar-refractivity contribution in [3.63, 3.8) is 0 Å². The van der Waals surface area contributed by atoms with E-state index in [-0.39, 0.29) is 19.0 Å². The minimum atomic E-state index is -4.78. The lowest BCUT2D eigenvalue weighted by molar-refractivity contribution is -0.140. The highest BCUT2D eigenvalue weighted by Gasteiger charge is 2.34. The van der Waals surface area contributed by atoms with Gasteiger partial charge in [0.25, 0.3) is 5.56 Å². The lowest BCUT2D eigenvalue weighted by Crippen LogP contribution is -2.43. The van der Waals surface area contributed by atoms with E-state index < -0.39 is 29.8 Å². The maximum Gasteiger partial charge on any atom is 0.421 e. The molecule has 0 saturated carbocycles. The number of hydrogen-bond donors (Lipinski definition) is 1. The predicted molar refractivity (Wildman–Crippen MR) is 76.6 cm³/mol. The first-order chi connectivity index (χ1) is 10.7. The lowest BCUT2D eigenvalue weighted by Gasteiger charge is -2.21. The van der Waals surface area contributed by atoms with Crippen molar-refractivity contribution in [3.8, 4) is 0 Å². The summed E-state index contributed by atoms with van der Waals surface area (Å²) in [6, 6.07) is 1.72. The van der Waals surface area contributed by atoms with Crippen molar-refractivity contribution in [1.29, 1.82) is 0 Å². The summed E-state index contributed by atoms with van der Waals surface area (Å²) >= 11 is 0. The Kier molecular flexibility index (Phi) is 6.35. The fraction of sp³-hybridized carbons (Fsp3) is 0.500. The van der Waals surface area contributed by atoms with Crippen LogP contribution in [0, 0.1) is 0 Å². The standard InChI is InChI=1S/C14H18F3N3O3/c1-3-18-11(21)8-19(4-2)12(22)9-20-7-5-6-10(13(20)23)14(15,16)17/h5-7H,3-4,8-9H2,1-2H3,(H,18,21). The van der Waals surface area contributed by atoms with Crippen LogP contribution < -0.4 is 10.9 Å². The van der Waals surface area contributed by atoms with Crippen molar-refractivity contribution in [3.05, 3.63) is 34.2 Å². The number of nitrogens with zero attached hydrogens (tertiary/aromatic N) is 2. The van der Waals surface area contributed by atoms with Gasteiger partial charge in [0.05, 0.1) is 6.54 Å². The molecule has 0 aliphatic rings. The van der Waals surface area contributed by atoms with E-state index in [1.807, 2.05) is 0 Å². The summed E-state index contributed by atoms with van der Waals surface area (Å²) in [4.78, 5) is 36.5. The van der Waals surface area contributed by atoms with Crippen molar-refractivity contribution >= 4 is 11.8 Å². The highest BCUT2D eigenvalue weighted by molar-refractivity contribution is 5.84. The number of rotatable bonds is 6. The highest BCUT2D eigenvalue weighted by atomic mass is 19.4. The Morgan fingerprint density at radius 3 is 2.48 bits per heavy atom. The number of nitrogens with one attached hydrogen (secondary N) is 1. The molecule has 0 aliphatic heterocycles. The van der Waals surface area contributed by atoms with E-state index in [1.165, 1.54) is 0 Å². The van der Waals surface area contributed by atoms with Gasteiger partial charge in [-0.25, -0.2) is 0 Å². The van der Waals surface area contributed by atoms with Crippen LogP contribution in [0.4, 0.5) is 13.2 Å². The van der Waals surface area contributed by atoms with Crippen LogP contribution in [-0.4, -0.2) is 40.9 Å². The molecule has 6 nitrogen and oxygen atoms in total. The summed E-state index contributed by atoms with van der Waals surface area (Å²) in [7, 11) is 0. The molecule has 0 spiro atoms. The van der Waals surface area contributed by atoms with Gasteiger partial charge < -0.3 is 14.8 Å². The molecule has 0 fully saturated rings. The Hall–Kier alpha value is -2.32. The molecule has 0 aromatic carbocycles. The Bertz CT molecular complexity index is 626. The van der Waals surface area contributed by atoms with Crippen molar-refractivity contribution in [2.75, 3.05) is 19.6 Å². The van der Waals surface area contributed by atoms with Gasteiger partial charge in [-0.15, -0.1) is 0 Å². The third-order valence-corrected chi connectivity index (χ3v) is 3.07. The van der Waals surface area contributed by atoms with E-state index in [2.05, 4.69) is 5.32 Å². The van der Waals surface area contributed by atoms with Crippen LogP contribution in [0.5, 0.6) is 0 Å². The van der Waals surface area contributed by atoms with Gasteiger partial charge in [0.1, 0.15) is 12.1 Å². The van der Waals surface area contributed by atoms with E-state index in [4.69, 9.17) is 0 Å². The maximum absolute atomic E-state index is 12.7. The van der Waals surface area contributed by atoms with Crippen molar-refractivity contribution in [2.24, 2.45) is 0 Å². The number of pyridine rings is 1. The molecule has 1 aromatic rings. The number of amides is 2. The van der Waals surface area contributed by atoms with Gasteiger partial charge in [-0.05, 0) is 26.0 Å². The van der Waals surface area contributed by atoms with E-state index in [1.54, 1.807) is 13.8 Å². The third-order valence-electron chi connectivity index (χ3n) is 3.07. The van der Waals surface area contributed by atoms with Crippen LogP contribution in [0.1, 0.15) is 19.4 Å². The second-order valence-corrected chi connectivity index (χ2v) is 4.71. The first-order valence-electron chi connectivity index (χ1n) is 7.01. The van der Waals surface area contributed by atoms with Crippen LogP contribution in [0.25, 0.3) is 0 Å². The number of likely N-dealkylation sites (N-methyl/N-ethyl adjacent to an activating group) is 2. The average molecular weight is 333 g/mol. The summed E-state index contributed by atoms with van der Waals surface area (Å²) in [6.45, 7) is 3.18. The Morgan fingerprint density at radius 1 is 1.30 bits per heavy atom. The van der Waals surface area contributed by atoms with Crippen LogP contribution in [-0.2, 0) is 22.3 Å². The summed E-state index contributed by atoms with van der Waals surface area (Å²) in [5.41, 5.74) is -2.62. The second kappa shape index (κ2) is 7.80. The van der Waals surface area contributed by atoms with E-state index in [0.717, 1.165) is 17.2 Å². The van der Waals surface area contributed by atoms with Gasteiger partial charge in [-0.3, -0.25) is 14.4 Å². The quantitative estimate of drug-likeness (QED) is 0.839. The lowest BCUT2D eigenvalue weighted by atomic mass is 10.2. The molecular weight excluding hydrogens is 315 g/mol. The third kappa shape index (κ3) is 5.11. The molecule has 128 valence electrons. The Balaban J connectivity index is 2.92. The molecule has 2 amide bonds. The molecule has 1 heterocycles. The van der Waals surface area contributed by atoms with Gasteiger partial charge in [0.15, 0.2) is 0 Å². The number of hydrogen-bond acceptors (Lipinski definition) is 3. The van der Waals surface area contributed by atoms with Crippen LogP contribution >= 0.6 is 0 Å². The van der Waals surface area contributed by atoms with Crippen LogP contribution in [0.3, 0.4) is 0 Å². The molecule has 0 unspecified atom stereocenters. The summed E-state index contributed by atoms with van der Waals surface area (Å²) in [5, 5.41) is 2.52. The minimum absolute atomic E-state index is 0.198. The topological polar surface area (TPSA) is 71.4 Å². The van der Waals surface area contributed by atoms with E-state index >= 15 is 0 Å². The first-order valence-corrected chi connectivity index (χ1v) is 7.01. The Labute approximate surface area is 130 Å².